The van der Waals surface area contributed by atoms with Gasteiger partial charge in [0.1, 0.15) is 0 Å². The van der Waals surface area contributed by atoms with Gasteiger partial charge >= 0.3 is 6.09 Å². The third kappa shape index (κ3) is 6.56. The van der Waals surface area contributed by atoms with Crippen molar-refractivity contribution in [2.75, 3.05) is 26.2 Å². The Hall–Kier alpha value is -4.40. The summed E-state index contributed by atoms with van der Waals surface area (Å²) in [5, 5.41) is 12.7. The molecule has 42 heavy (non-hydrogen) atoms. The zero-order chi connectivity index (χ0) is 29.5. The molecule has 1 aliphatic carbocycles. The highest BCUT2D eigenvalue weighted by Gasteiger charge is 2.36. The van der Waals surface area contributed by atoms with Crippen LogP contribution in [0.5, 0.6) is 0 Å². The van der Waals surface area contributed by atoms with Crippen LogP contribution in [0.25, 0.3) is 11.3 Å². The van der Waals surface area contributed by atoms with E-state index in [0.717, 1.165) is 54.5 Å². The Balaban J connectivity index is 1.52. The van der Waals surface area contributed by atoms with Gasteiger partial charge < -0.3 is 24.8 Å². The van der Waals surface area contributed by atoms with Crippen LogP contribution in [0.1, 0.15) is 61.1 Å². The number of hydrogen-bond acceptors (Lipinski definition) is 4. The molecule has 1 aromatic heterocycles. The van der Waals surface area contributed by atoms with Crippen molar-refractivity contribution in [1.82, 2.24) is 24.7 Å². The number of piperazine rings is 1. The lowest BCUT2D eigenvalue weighted by Crippen LogP contribution is -2.57. The molecule has 1 aliphatic heterocycles. The summed E-state index contributed by atoms with van der Waals surface area (Å²) in [4.78, 5) is 46.8. The van der Waals surface area contributed by atoms with Crippen molar-refractivity contribution in [1.29, 1.82) is 0 Å². The quantitative estimate of drug-likeness (QED) is 0.364. The Kier molecular flexibility index (Phi) is 9.36. The van der Waals surface area contributed by atoms with Crippen LogP contribution in [-0.4, -0.2) is 74.6 Å². The van der Waals surface area contributed by atoms with Gasteiger partial charge in [-0.15, -0.1) is 0 Å². The molecule has 2 aliphatic rings. The zero-order valence-electron chi connectivity index (χ0n) is 24.1. The fraction of sp³-hybridized carbons (Fsp3) is 0.394. The Morgan fingerprint density at radius 1 is 1.02 bits per heavy atom. The second-order valence-corrected chi connectivity index (χ2v) is 11.1. The molecule has 2 fully saturated rings. The molecular formula is C33H39N5O4. The van der Waals surface area contributed by atoms with Crippen LogP contribution in [0, 0.1) is 0 Å². The molecule has 9 nitrogen and oxygen atoms in total. The maximum absolute atomic E-state index is 14.4. The summed E-state index contributed by atoms with van der Waals surface area (Å²) in [6.45, 7) is 3.43. The first kappa shape index (κ1) is 29.1. The van der Waals surface area contributed by atoms with E-state index in [-0.39, 0.29) is 43.5 Å². The summed E-state index contributed by atoms with van der Waals surface area (Å²) in [6, 6.07) is 19.2. The molecule has 1 saturated heterocycles. The van der Waals surface area contributed by atoms with Gasteiger partial charge in [0.15, 0.2) is 5.69 Å². The number of nitrogens with one attached hydrogen (secondary N) is 1. The number of imidazole rings is 1. The maximum Gasteiger partial charge on any atom is 0.407 e. The average Bonchev–Trinajstić information content (AvgIpc) is 3.46. The molecule has 0 unspecified atom stereocenters. The highest BCUT2D eigenvalue weighted by Crippen LogP contribution is 2.38. The monoisotopic (exact) mass is 569 g/mol. The van der Waals surface area contributed by atoms with Gasteiger partial charge in [-0.25, -0.2) is 9.78 Å². The summed E-state index contributed by atoms with van der Waals surface area (Å²) >= 11 is 0. The minimum atomic E-state index is -0.978. The van der Waals surface area contributed by atoms with Crippen molar-refractivity contribution >= 4 is 17.9 Å². The molecule has 2 heterocycles. The summed E-state index contributed by atoms with van der Waals surface area (Å²) in [7, 11) is 0. The molecule has 1 saturated carbocycles. The van der Waals surface area contributed by atoms with Gasteiger partial charge in [-0.2, -0.15) is 0 Å². The van der Waals surface area contributed by atoms with Crippen molar-refractivity contribution in [2.45, 2.75) is 57.5 Å². The Morgan fingerprint density at radius 3 is 2.48 bits per heavy atom. The van der Waals surface area contributed by atoms with Crippen molar-refractivity contribution in [2.24, 2.45) is 0 Å². The third-order valence-electron chi connectivity index (χ3n) is 8.19. The molecule has 2 atom stereocenters. The Bertz CT molecular complexity index is 1420. The maximum atomic E-state index is 14.4. The van der Waals surface area contributed by atoms with Gasteiger partial charge in [0, 0.05) is 37.8 Å². The number of carboxylic acid groups (broad SMARTS) is 1. The number of allylic oxidation sites excluding steroid dienone is 1. The number of hydrogen-bond donors (Lipinski definition) is 2. The van der Waals surface area contributed by atoms with E-state index in [2.05, 4.69) is 9.88 Å². The molecule has 2 N–H and O–H groups in total. The van der Waals surface area contributed by atoms with Crippen LogP contribution < -0.4 is 5.32 Å². The minimum Gasteiger partial charge on any atom is -0.465 e. The van der Waals surface area contributed by atoms with Crippen LogP contribution >= 0.6 is 0 Å². The molecular weight excluding hydrogens is 530 g/mol. The lowest BCUT2D eigenvalue weighted by molar-refractivity contribution is -0.116. The van der Waals surface area contributed by atoms with Crippen molar-refractivity contribution in [3.8, 4) is 11.3 Å². The van der Waals surface area contributed by atoms with Crippen LogP contribution in [0.15, 0.2) is 78.6 Å². The fourth-order valence-electron chi connectivity index (χ4n) is 6.10. The van der Waals surface area contributed by atoms with E-state index in [1.165, 1.54) is 4.90 Å². The van der Waals surface area contributed by atoms with Crippen LogP contribution in [0.3, 0.4) is 0 Å². The molecule has 0 bridgehead atoms. The van der Waals surface area contributed by atoms with Gasteiger partial charge in [0.2, 0.25) is 5.91 Å². The topological polar surface area (TPSA) is 108 Å². The number of amides is 3. The van der Waals surface area contributed by atoms with E-state index in [0.29, 0.717) is 18.7 Å². The van der Waals surface area contributed by atoms with Crippen LogP contribution in [0.2, 0.25) is 0 Å². The highest BCUT2D eigenvalue weighted by atomic mass is 16.4. The van der Waals surface area contributed by atoms with E-state index in [4.69, 9.17) is 4.98 Å². The van der Waals surface area contributed by atoms with Gasteiger partial charge in [-0.3, -0.25) is 9.59 Å². The minimum absolute atomic E-state index is 0.0839. The lowest BCUT2D eigenvalue weighted by atomic mass is 9.88. The summed E-state index contributed by atoms with van der Waals surface area (Å²) in [5.74, 6) is -0.294. The van der Waals surface area contributed by atoms with Gasteiger partial charge in [-0.1, -0.05) is 74.0 Å². The molecule has 9 heteroatoms. The summed E-state index contributed by atoms with van der Waals surface area (Å²) in [6.07, 6.45) is 7.61. The van der Waals surface area contributed by atoms with E-state index < -0.39 is 6.09 Å². The summed E-state index contributed by atoms with van der Waals surface area (Å²) < 4.78 is 2.07. The first-order chi connectivity index (χ1) is 20.5. The van der Waals surface area contributed by atoms with Crippen molar-refractivity contribution < 1.29 is 19.5 Å². The van der Waals surface area contributed by atoms with Gasteiger partial charge in [0.25, 0.3) is 5.91 Å². The molecule has 220 valence electrons. The Morgan fingerprint density at radius 2 is 1.76 bits per heavy atom. The van der Waals surface area contributed by atoms with E-state index in [9.17, 15) is 19.5 Å². The number of carbonyl (C=O) groups is 3. The zero-order valence-corrected chi connectivity index (χ0v) is 24.1. The molecule has 0 spiro atoms. The molecule has 0 radical (unpaired) electrons. The molecule has 2 aromatic carbocycles. The fourth-order valence-corrected chi connectivity index (χ4v) is 6.10. The number of nitrogens with zero attached hydrogens (tertiary/aromatic N) is 4. The summed E-state index contributed by atoms with van der Waals surface area (Å²) in [5.41, 5.74) is 4.04. The second-order valence-electron chi connectivity index (χ2n) is 11.1. The number of carbonyl (C=O) groups excluding carboxylic acids is 2. The standard InChI is InChI=1S/C33H39N5O4/c1-2-17-34-29(39)21-26-15-9-10-16-28(26)38-23-35-30(31(38)25-13-7-4-8-14-25)32(40)37-19-18-36(33(41)42)22-27(37)20-24-11-5-3-6-12-24/h3-8,11-14,21,23,27-28H,2,9-10,15-20,22H2,1H3,(H,34,39)(H,41,42)/b26-21+/t27-,28+/m1/s1. The number of rotatable bonds is 8. The number of aromatic nitrogens is 2. The lowest BCUT2D eigenvalue weighted by Gasteiger charge is -2.40. The number of benzene rings is 2. The third-order valence-corrected chi connectivity index (χ3v) is 8.19. The van der Waals surface area contributed by atoms with Gasteiger partial charge in [0.05, 0.1) is 24.1 Å². The predicted molar refractivity (Wildman–Crippen MR) is 161 cm³/mol. The predicted octanol–water partition coefficient (Wildman–Crippen LogP) is 5.16. The highest BCUT2D eigenvalue weighted by molar-refractivity contribution is 5.99. The van der Waals surface area contributed by atoms with E-state index in [1.807, 2.05) is 67.6 Å². The van der Waals surface area contributed by atoms with Crippen molar-refractivity contribution in [3.63, 3.8) is 0 Å². The van der Waals surface area contributed by atoms with Crippen LogP contribution in [0.4, 0.5) is 4.79 Å². The first-order valence-electron chi connectivity index (χ1n) is 14.9. The van der Waals surface area contributed by atoms with E-state index in [1.54, 1.807) is 17.3 Å². The van der Waals surface area contributed by atoms with Crippen molar-refractivity contribution in [3.05, 3.63) is 89.9 Å². The molecule has 3 amide bonds. The van der Waals surface area contributed by atoms with Gasteiger partial charge in [-0.05, 0) is 43.2 Å². The largest absolute Gasteiger partial charge is 0.465 e. The Labute approximate surface area is 246 Å². The molecule has 5 rings (SSSR count). The smallest absolute Gasteiger partial charge is 0.407 e. The SMILES string of the molecule is CCCNC(=O)/C=C1\CCCC[C@@H]1n1cnc(C(=O)N2CCN(C(=O)O)C[C@H]2Cc2ccccc2)c1-c1ccccc1. The van der Waals surface area contributed by atoms with Crippen LogP contribution in [-0.2, 0) is 11.2 Å². The first-order valence-corrected chi connectivity index (χ1v) is 14.9. The normalized spacial score (nSPS) is 20.0. The average molecular weight is 570 g/mol. The molecule has 3 aromatic rings. The van der Waals surface area contributed by atoms with E-state index >= 15 is 0 Å². The second kappa shape index (κ2) is 13.5.